The second-order valence-corrected chi connectivity index (χ2v) is 8.49. The SMILES string of the molecule is C/C=N\N(C)[C@@H](C)[C@H](C)C(C)N=NN(C)CCC(Nc1cccc(OCCO)c1)/C(C)=C/C. The molecule has 0 saturated heterocycles. The highest BCUT2D eigenvalue weighted by Gasteiger charge is 2.22. The van der Waals surface area contributed by atoms with Crippen LogP contribution >= 0.6 is 0 Å². The highest BCUT2D eigenvalue weighted by atomic mass is 16.5. The first-order chi connectivity index (χ1) is 15.7. The maximum absolute atomic E-state index is 8.97. The number of rotatable bonds is 15. The highest BCUT2D eigenvalue weighted by molar-refractivity contribution is 5.52. The second-order valence-electron chi connectivity index (χ2n) is 8.49. The van der Waals surface area contributed by atoms with Gasteiger partial charge < -0.3 is 15.2 Å². The molecule has 1 rings (SSSR count). The van der Waals surface area contributed by atoms with E-state index < -0.39 is 0 Å². The zero-order chi connectivity index (χ0) is 24.8. The quantitative estimate of drug-likeness (QED) is 0.169. The number of hydrogen-bond acceptors (Lipinski definition) is 7. The van der Waals surface area contributed by atoms with Crippen molar-refractivity contribution in [3.63, 3.8) is 0 Å². The van der Waals surface area contributed by atoms with Gasteiger partial charge in [0.25, 0.3) is 0 Å². The fourth-order valence-corrected chi connectivity index (χ4v) is 3.32. The van der Waals surface area contributed by atoms with Gasteiger partial charge in [0.15, 0.2) is 0 Å². The van der Waals surface area contributed by atoms with E-state index in [1.54, 1.807) is 6.21 Å². The molecular weight excluding hydrogens is 416 g/mol. The molecule has 8 heteroatoms. The summed E-state index contributed by atoms with van der Waals surface area (Å²) in [4.78, 5) is 0. The molecule has 0 heterocycles. The fraction of sp³-hybridized carbons (Fsp3) is 0.640. The van der Waals surface area contributed by atoms with E-state index in [0.717, 1.165) is 24.4 Å². The number of nitrogens with zero attached hydrogens (tertiary/aromatic N) is 5. The monoisotopic (exact) mass is 460 g/mol. The maximum atomic E-state index is 8.97. The Hall–Kier alpha value is -2.61. The number of aliphatic hydroxyl groups is 1. The Kier molecular flexibility index (Phi) is 13.1. The molecule has 2 unspecified atom stereocenters. The van der Waals surface area contributed by atoms with Crippen LogP contribution in [0, 0.1) is 5.92 Å². The van der Waals surface area contributed by atoms with Crippen molar-refractivity contribution in [2.24, 2.45) is 21.4 Å². The number of hydrazone groups is 1. The first kappa shape index (κ1) is 28.4. The lowest BCUT2D eigenvalue weighted by Gasteiger charge is -2.29. The summed E-state index contributed by atoms with van der Waals surface area (Å²) in [7, 11) is 3.95. The molecule has 186 valence electrons. The second kappa shape index (κ2) is 15.3. The molecule has 0 fully saturated rings. The number of hydrogen-bond donors (Lipinski definition) is 2. The maximum Gasteiger partial charge on any atom is 0.121 e. The van der Waals surface area contributed by atoms with Gasteiger partial charge in [-0.3, -0.25) is 10.0 Å². The van der Waals surface area contributed by atoms with Crippen LogP contribution in [0.3, 0.4) is 0 Å². The third kappa shape index (κ3) is 10.2. The van der Waals surface area contributed by atoms with Crippen LogP contribution in [0.5, 0.6) is 5.75 Å². The molecule has 0 aliphatic carbocycles. The zero-order valence-corrected chi connectivity index (χ0v) is 21.7. The van der Waals surface area contributed by atoms with Crippen LogP contribution in [-0.4, -0.2) is 73.3 Å². The van der Waals surface area contributed by atoms with Crippen LogP contribution in [0.25, 0.3) is 0 Å². The van der Waals surface area contributed by atoms with E-state index in [-0.39, 0.29) is 31.3 Å². The summed E-state index contributed by atoms with van der Waals surface area (Å²) in [5, 5.41) is 29.8. The van der Waals surface area contributed by atoms with E-state index >= 15 is 0 Å². The van der Waals surface area contributed by atoms with Crippen molar-refractivity contribution in [1.82, 2.24) is 10.0 Å². The van der Waals surface area contributed by atoms with Crippen molar-refractivity contribution >= 4 is 11.9 Å². The molecule has 4 atom stereocenters. The van der Waals surface area contributed by atoms with Gasteiger partial charge in [-0.25, -0.2) is 0 Å². The van der Waals surface area contributed by atoms with E-state index in [9.17, 15) is 0 Å². The van der Waals surface area contributed by atoms with Crippen molar-refractivity contribution in [1.29, 1.82) is 0 Å². The van der Waals surface area contributed by atoms with Crippen LogP contribution in [0.4, 0.5) is 5.69 Å². The molecule has 33 heavy (non-hydrogen) atoms. The predicted molar refractivity (Wildman–Crippen MR) is 138 cm³/mol. The Morgan fingerprint density at radius 3 is 2.58 bits per heavy atom. The van der Waals surface area contributed by atoms with Gasteiger partial charge >= 0.3 is 0 Å². The zero-order valence-electron chi connectivity index (χ0n) is 21.7. The molecule has 0 saturated carbocycles. The van der Waals surface area contributed by atoms with Gasteiger partial charge in [0.1, 0.15) is 12.4 Å². The van der Waals surface area contributed by atoms with Gasteiger partial charge in [0, 0.05) is 56.6 Å². The van der Waals surface area contributed by atoms with E-state index in [1.165, 1.54) is 5.57 Å². The molecule has 8 nitrogen and oxygen atoms in total. The normalized spacial score (nSPS) is 16.0. The van der Waals surface area contributed by atoms with Gasteiger partial charge in [-0.1, -0.05) is 29.9 Å². The van der Waals surface area contributed by atoms with E-state index in [4.69, 9.17) is 9.84 Å². The number of aliphatic hydroxyl groups excluding tert-OH is 1. The van der Waals surface area contributed by atoms with E-state index in [2.05, 4.69) is 61.5 Å². The molecule has 0 amide bonds. The lowest BCUT2D eigenvalue weighted by atomic mass is 9.96. The number of anilines is 1. The average molecular weight is 461 g/mol. The summed E-state index contributed by atoms with van der Waals surface area (Å²) in [5.74, 6) is 1.06. The Bertz CT molecular complexity index is 767. The molecule has 0 aliphatic heterocycles. The summed E-state index contributed by atoms with van der Waals surface area (Å²) >= 11 is 0. The Morgan fingerprint density at radius 2 is 1.94 bits per heavy atom. The van der Waals surface area contributed by atoms with Gasteiger partial charge in [-0.2, -0.15) is 10.2 Å². The topological polar surface area (TPSA) is 85.1 Å². The molecule has 0 spiro atoms. The first-order valence-electron chi connectivity index (χ1n) is 11.8. The minimum absolute atomic E-state index is 0.00145. The summed E-state index contributed by atoms with van der Waals surface area (Å²) in [6.07, 6.45) is 4.81. The molecule has 1 aromatic rings. The lowest BCUT2D eigenvalue weighted by Crippen LogP contribution is -2.35. The largest absolute Gasteiger partial charge is 0.491 e. The summed E-state index contributed by atoms with van der Waals surface area (Å²) in [6.45, 7) is 13.6. The third-order valence-electron chi connectivity index (χ3n) is 6.08. The van der Waals surface area contributed by atoms with Gasteiger partial charge in [-0.05, 0) is 53.2 Å². The number of benzene rings is 1. The predicted octanol–water partition coefficient (Wildman–Crippen LogP) is 4.84. The molecule has 1 aromatic carbocycles. The van der Waals surface area contributed by atoms with Gasteiger partial charge in [0.2, 0.25) is 0 Å². The molecule has 0 aliphatic rings. The number of ether oxygens (including phenoxy) is 1. The van der Waals surface area contributed by atoms with Crippen LogP contribution in [-0.2, 0) is 0 Å². The van der Waals surface area contributed by atoms with Crippen molar-refractivity contribution in [2.75, 3.05) is 39.2 Å². The fourth-order valence-electron chi connectivity index (χ4n) is 3.32. The van der Waals surface area contributed by atoms with Crippen molar-refractivity contribution in [3.05, 3.63) is 35.9 Å². The standard InChI is InChI=1S/C25H44N6O2/c1-9-19(3)25(27-23-12-11-13-24(18-23)33-17-16-32)14-15-30(7)29-28-21(5)20(4)22(6)31(8)26-10-2/h9-13,18,20-22,25,27,32H,14-17H2,1-8H3/b19-9+,26-10-,29-28?/t20-,21?,22+,25?/m1/s1. The number of allylic oxidation sites excluding steroid dienone is 1. The molecule has 0 bridgehead atoms. The minimum atomic E-state index is -0.00145. The van der Waals surface area contributed by atoms with Crippen molar-refractivity contribution < 1.29 is 9.84 Å². The van der Waals surface area contributed by atoms with Crippen LogP contribution in [0.15, 0.2) is 51.4 Å². The van der Waals surface area contributed by atoms with Gasteiger partial charge in [0.05, 0.1) is 12.6 Å². The Balaban J connectivity index is 2.69. The summed E-state index contributed by atoms with van der Waals surface area (Å²) < 4.78 is 5.53. The Labute approximate surface area is 200 Å². The summed E-state index contributed by atoms with van der Waals surface area (Å²) in [5.41, 5.74) is 2.24. The van der Waals surface area contributed by atoms with E-state index in [0.29, 0.717) is 5.92 Å². The average Bonchev–Trinajstić information content (AvgIpc) is 2.82. The van der Waals surface area contributed by atoms with Crippen molar-refractivity contribution in [3.8, 4) is 5.75 Å². The number of nitrogens with one attached hydrogen (secondary N) is 1. The van der Waals surface area contributed by atoms with Crippen molar-refractivity contribution in [2.45, 2.75) is 66.1 Å². The molecule has 2 N–H and O–H groups in total. The first-order valence-corrected chi connectivity index (χ1v) is 11.8. The van der Waals surface area contributed by atoms with Crippen LogP contribution in [0.1, 0.15) is 48.0 Å². The summed E-state index contributed by atoms with van der Waals surface area (Å²) in [6, 6.07) is 8.34. The lowest BCUT2D eigenvalue weighted by molar-refractivity contribution is 0.185. The molecular formula is C25H44N6O2. The minimum Gasteiger partial charge on any atom is -0.491 e. The smallest absolute Gasteiger partial charge is 0.121 e. The molecule has 0 aromatic heterocycles. The van der Waals surface area contributed by atoms with Crippen LogP contribution < -0.4 is 10.1 Å². The van der Waals surface area contributed by atoms with E-state index in [1.807, 2.05) is 55.3 Å². The highest BCUT2D eigenvalue weighted by Crippen LogP contribution is 2.21. The van der Waals surface area contributed by atoms with Crippen LogP contribution in [0.2, 0.25) is 0 Å². The third-order valence-corrected chi connectivity index (χ3v) is 6.08. The van der Waals surface area contributed by atoms with Gasteiger partial charge in [-0.15, -0.1) is 0 Å². The molecule has 0 radical (unpaired) electrons. The Morgan fingerprint density at radius 1 is 1.21 bits per heavy atom.